The monoisotopic (exact) mass is 378 g/mol. The number of ether oxygens (including phenoxy) is 2. The average molecular weight is 378 g/mol. The van der Waals surface area contributed by atoms with Gasteiger partial charge in [0.1, 0.15) is 16.4 Å². The maximum Gasteiger partial charge on any atom is 0.244 e. The van der Waals surface area contributed by atoms with E-state index in [1.54, 1.807) is 43.3 Å². The van der Waals surface area contributed by atoms with Crippen LogP contribution < -0.4 is 19.5 Å². The summed E-state index contributed by atoms with van der Waals surface area (Å²) >= 11 is 0. The minimum atomic E-state index is -3.90. The Morgan fingerprint density at radius 2 is 1.85 bits per heavy atom. The van der Waals surface area contributed by atoms with Crippen molar-refractivity contribution in [3.05, 3.63) is 48.0 Å². The summed E-state index contributed by atoms with van der Waals surface area (Å²) in [5.74, 6) is 0.226. The SMILES string of the molecule is CCOc1ccccc1NC(=O)CNS(=O)(=O)c1cc(C)ccc1OC. The average Bonchev–Trinajstić information content (AvgIpc) is 2.62. The molecule has 26 heavy (non-hydrogen) atoms. The van der Waals surface area contributed by atoms with Crippen LogP contribution in [0, 0.1) is 6.92 Å². The Kier molecular flexibility index (Phi) is 6.59. The van der Waals surface area contributed by atoms with E-state index in [1.165, 1.54) is 13.2 Å². The Morgan fingerprint density at radius 1 is 1.12 bits per heavy atom. The number of hydrogen-bond donors (Lipinski definition) is 2. The van der Waals surface area contributed by atoms with Crippen LogP contribution in [0.25, 0.3) is 0 Å². The number of rotatable bonds is 8. The highest BCUT2D eigenvalue weighted by molar-refractivity contribution is 7.89. The van der Waals surface area contributed by atoms with Crippen molar-refractivity contribution in [2.45, 2.75) is 18.7 Å². The first-order valence-electron chi connectivity index (χ1n) is 8.03. The standard InChI is InChI=1S/C18H22N2O5S/c1-4-25-15-8-6-5-7-14(15)20-18(21)12-19-26(22,23)17-11-13(2)9-10-16(17)24-3/h5-11,19H,4,12H2,1-3H3,(H,20,21). The number of anilines is 1. The smallest absolute Gasteiger partial charge is 0.244 e. The molecule has 0 bridgehead atoms. The van der Waals surface area contributed by atoms with Crippen molar-refractivity contribution in [3.63, 3.8) is 0 Å². The van der Waals surface area contributed by atoms with Crippen LogP contribution in [0.2, 0.25) is 0 Å². The van der Waals surface area contributed by atoms with Gasteiger partial charge in [-0.3, -0.25) is 4.79 Å². The van der Waals surface area contributed by atoms with Crippen LogP contribution in [0.4, 0.5) is 5.69 Å². The molecule has 0 radical (unpaired) electrons. The highest BCUT2D eigenvalue weighted by atomic mass is 32.2. The molecule has 0 atom stereocenters. The van der Waals surface area contributed by atoms with Gasteiger partial charge in [-0.05, 0) is 43.7 Å². The third-order valence-corrected chi connectivity index (χ3v) is 4.91. The van der Waals surface area contributed by atoms with Gasteiger partial charge >= 0.3 is 0 Å². The van der Waals surface area contributed by atoms with E-state index in [9.17, 15) is 13.2 Å². The van der Waals surface area contributed by atoms with Gasteiger partial charge in [0.05, 0.1) is 25.9 Å². The van der Waals surface area contributed by atoms with Crippen molar-refractivity contribution in [3.8, 4) is 11.5 Å². The van der Waals surface area contributed by atoms with Crippen molar-refractivity contribution >= 4 is 21.6 Å². The van der Waals surface area contributed by atoms with Crippen LogP contribution >= 0.6 is 0 Å². The van der Waals surface area contributed by atoms with E-state index >= 15 is 0 Å². The number of benzene rings is 2. The minimum absolute atomic E-state index is 0.0116. The molecule has 1 amide bonds. The van der Waals surface area contributed by atoms with E-state index in [-0.39, 0.29) is 10.6 Å². The molecule has 0 aliphatic heterocycles. The maximum atomic E-state index is 12.5. The number of methoxy groups -OCH3 is 1. The summed E-state index contributed by atoms with van der Waals surface area (Å²) in [5, 5.41) is 2.64. The first kappa shape index (κ1) is 19.7. The Morgan fingerprint density at radius 3 is 2.54 bits per heavy atom. The second-order valence-corrected chi connectivity index (χ2v) is 7.19. The number of aryl methyl sites for hydroxylation is 1. The summed E-state index contributed by atoms with van der Waals surface area (Å²) in [7, 11) is -2.51. The van der Waals surface area contributed by atoms with Crippen molar-refractivity contribution < 1.29 is 22.7 Å². The fraction of sp³-hybridized carbons (Fsp3) is 0.278. The Labute approximate surface area is 153 Å². The summed E-state index contributed by atoms with van der Waals surface area (Å²) in [5.41, 5.74) is 1.24. The molecule has 8 heteroatoms. The van der Waals surface area contributed by atoms with E-state index < -0.39 is 22.5 Å². The molecule has 0 aliphatic carbocycles. The molecule has 0 saturated heterocycles. The third kappa shape index (κ3) is 4.96. The molecule has 0 heterocycles. The molecule has 0 spiro atoms. The lowest BCUT2D eigenvalue weighted by molar-refractivity contribution is -0.115. The zero-order chi connectivity index (χ0) is 19.2. The quantitative estimate of drug-likeness (QED) is 0.735. The molecule has 0 aliphatic rings. The Bertz CT molecular complexity index is 881. The minimum Gasteiger partial charge on any atom is -0.495 e. The van der Waals surface area contributed by atoms with Crippen molar-refractivity contribution in [2.75, 3.05) is 25.6 Å². The number of amides is 1. The zero-order valence-electron chi connectivity index (χ0n) is 14.9. The summed E-state index contributed by atoms with van der Waals surface area (Å²) in [4.78, 5) is 12.1. The lowest BCUT2D eigenvalue weighted by Crippen LogP contribution is -2.33. The zero-order valence-corrected chi connectivity index (χ0v) is 15.7. The van der Waals surface area contributed by atoms with Gasteiger partial charge in [0.2, 0.25) is 15.9 Å². The molecular weight excluding hydrogens is 356 g/mol. The third-order valence-electron chi connectivity index (χ3n) is 3.49. The van der Waals surface area contributed by atoms with Gasteiger partial charge < -0.3 is 14.8 Å². The highest BCUT2D eigenvalue weighted by Crippen LogP contribution is 2.25. The summed E-state index contributed by atoms with van der Waals surface area (Å²) < 4.78 is 37.8. The Balaban J connectivity index is 2.08. The predicted octanol–water partition coefficient (Wildman–Crippen LogP) is 2.32. The predicted molar refractivity (Wildman–Crippen MR) is 99.2 cm³/mol. The molecule has 0 aromatic heterocycles. The van der Waals surface area contributed by atoms with Gasteiger partial charge in [-0.15, -0.1) is 0 Å². The first-order valence-corrected chi connectivity index (χ1v) is 9.51. The molecule has 7 nitrogen and oxygen atoms in total. The maximum absolute atomic E-state index is 12.5. The second kappa shape index (κ2) is 8.68. The fourth-order valence-corrected chi connectivity index (χ4v) is 3.51. The fourth-order valence-electron chi connectivity index (χ4n) is 2.28. The number of para-hydroxylation sites is 2. The van der Waals surface area contributed by atoms with Gasteiger partial charge in [-0.2, -0.15) is 0 Å². The number of sulfonamides is 1. The van der Waals surface area contributed by atoms with Crippen LogP contribution in [-0.4, -0.2) is 34.6 Å². The molecule has 2 aromatic carbocycles. The van der Waals surface area contributed by atoms with Crippen LogP contribution in [0.15, 0.2) is 47.4 Å². The summed E-state index contributed by atoms with van der Waals surface area (Å²) in [6.07, 6.45) is 0. The summed E-state index contributed by atoms with van der Waals surface area (Å²) in [6.45, 7) is 3.64. The molecule has 140 valence electrons. The van der Waals surface area contributed by atoms with Gasteiger partial charge in [0.15, 0.2) is 0 Å². The highest BCUT2D eigenvalue weighted by Gasteiger charge is 2.21. The van der Waals surface area contributed by atoms with Crippen LogP contribution in [-0.2, 0) is 14.8 Å². The Hall–Kier alpha value is -2.58. The first-order chi connectivity index (χ1) is 12.4. The van der Waals surface area contributed by atoms with Crippen molar-refractivity contribution in [2.24, 2.45) is 0 Å². The van der Waals surface area contributed by atoms with E-state index in [2.05, 4.69) is 10.0 Å². The number of nitrogens with one attached hydrogen (secondary N) is 2. The van der Waals surface area contributed by atoms with Crippen molar-refractivity contribution in [1.82, 2.24) is 4.72 Å². The van der Waals surface area contributed by atoms with Gasteiger partial charge in [0.25, 0.3) is 0 Å². The lowest BCUT2D eigenvalue weighted by atomic mass is 10.2. The second-order valence-electron chi connectivity index (χ2n) is 5.46. The molecular formula is C18H22N2O5S. The molecule has 2 rings (SSSR count). The van der Waals surface area contributed by atoms with Crippen LogP contribution in [0.3, 0.4) is 0 Å². The van der Waals surface area contributed by atoms with E-state index in [1.807, 2.05) is 6.92 Å². The summed E-state index contributed by atoms with van der Waals surface area (Å²) in [6, 6.07) is 11.7. The number of carbonyl (C=O) groups is 1. The van der Waals surface area contributed by atoms with Gasteiger partial charge in [0, 0.05) is 0 Å². The molecule has 0 fully saturated rings. The van der Waals surface area contributed by atoms with E-state index in [4.69, 9.17) is 9.47 Å². The largest absolute Gasteiger partial charge is 0.495 e. The van der Waals surface area contributed by atoms with Crippen LogP contribution in [0.1, 0.15) is 12.5 Å². The number of hydrogen-bond acceptors (Lipinski definition) is 5. The van der Waals surface area contributed by atoms with E-state index in [0.29, 0.717) is 18.0 Å². The lowest BCUT2D eigenvalue weighted by Gasteiger charge is -2.13. The normalized spacial score (nSPS) is 11.0. The molecule has 2 N–H and O–H groups in total. The van der Waals surface area contributed by atoms with Crippen molar-refractivity contribution in [1.29, 1.82) is 0 Å². The van der Waals surface area contributed by atoms with Crippen LogP contribution in [0.5, 0.6) is 11.5 Å². The topological polar surface area (TPSA) is 93.7 Å². The molecule has 0 saturated carbocycles. The van der Waals surface area contributed by atoms with E-state index in [0.717, 1.165) is 5.56 Å². The molecule has 2 aromatic rings. The number of carbonyl (C=O) groups excluding carboxylic acids is 1. The molecule has 0 unspecified atom stereocenters. The van der Waals surface area contributed by atoms with Gasteiger partial charge in [-0.1, -0.05) is 18.2 Å². The van der Waals surface area contributed by atoms with Gasteiger partial charge in [-0.25, -0.2) is 13.1 Å².